The molecule has 32 heavy (non-hydrogen) atoms. The second-order valence-electron chi connectivity index (χ2n) is 8.74. The summed E-state index contributed by atoms with van der Waals surface area (Å²) in [5.74, 6) is 7.09. The molecule has 0 saturated heterocycles. The summed E-state index contributed by atoms with van der Waals surface area (Å²) < 4.78 is 11.9. The van der Waals surface area contributed by atoms with Crippen LogP contribution in [-0.2, 0) is 4.74 Å². The summed E-state index contributed by atoms with van der Waals surface area (Å²) in [6, 6.07) is 8.42. The molecule has 0 radical (unpaired) electrons. The summed E-state index contributed by atoms with van der Waals surface area (Å²) >= 11 is 1.62. The molecule has 0 spiro atoms. The third-order valence-electron chi connectivity index (χ3n) is 5.80. The summed E-state index contributed by atoms with van der Waals surface area (Å²) in [7, 11) is 6.29. The van der Waals surface area contributed by atoms with Gasteiger partial charge in [-0.25, -0.2) is 0 Å². The van der Waals surface area contributed by atoms with E-state index in [9.17, 15) is 0 Å². The van der Waals surface area contributed by atoms with Gasteiger partial charge in [0.25, 0.3) is 0 Å². The third kappa shape index (κ3) is 4.53. The number of nitrogens with zero attached hydrogens (tertiary/aromatic N) is 3. The van der Waals surface area contributed by atoms with E-state index >= 15 is 0 Å². The van der Waals surface area contributed by atoms with Crippen LogP contribution in [0, 0.1) is 17.8 Å². The lowest BCUT2D eigenvalue weighted by Gasteiger charge is -2.21. The number of benzene rings is 1. The van der Waals surface area contributed by atoms with Crippen LogP contribution >= 0.6 is 11.3 Å². The molecular formula is C25H28N4O2S. The number of anilines is 1. The van der Waals surface area contributed by atoms with Gasteiger partial charge in [-0.05, 0) is 51.1 Å². The number of hydrogen-bond acceptors (Lipinski definition) is 6. The van der Waals surface area contributed by atoms with Crippen molar-refractivity contribution < 1.29 is 9.15 Å². The number of hydrogen-bond donors (Lipinski definition) is 1. The second kappa shape index (κ2) is 8.99. The average Bonchev–Trinajstić information content (AvgIpc) is 3.18. The molecule has 1 N–H and O–H groups in total. The van der Waals surface area contributed by atoms with Crippen LogP contribution in [0.15, 0.2) is 34.1 Å². The summed E-state index contributed by atoms with van der Waals surface area (Å²) in [4.78, 5) is 5.43. The van der Waals surface area contributed by atoms with E-state index in [4.69, 9.17) is 9.15 Å². The van der Waals surface area contributed by atoms with E-state index in [0.29, 0.717) is 6.61 Å². The highest BCUT2D eigenvalue weighted by molar-refractivity contribution is 7.11. The Morgan fingerprint density at radius 1 is 1.22 bits per heavy atom. The maximum absolute atomic E-state index is 6.26. The summed E-state index contributed by atoms with van der Waals surface area (Å²) in [5.41, 5.74) is 5.58. The van der Waals surface area contributed by atoms with E-state index in [0.717, 1.165) is 69.5 Å². The van der Waals surface area contributed by atoms with Crippen LogP contribution in [0.5, 0.6) is 0 Å². The lowest BCUT2D eigenvalue weighted by atomic mass is 10.2. The van der Waals surface area contributed by atoms with Crippen molar-refractivity contribution in [2.45, 2.75) is 12.8 Å². The van der Waals surface area contributed by atoms with E-state index in [2.05, 4.69) is 82.6 Å². The zero-order valence-corrected chi connectivity index (χ0v) is 19.6. The van der Waals surface area contributed by atoms with Gasteiger partial charge >= 0.3 is 0 Å². The number of nitrogens with one attached hydrogen (secondary N) is 1. The minimum Gasteiger partial charge on any atom is -0.452 e. The van der Waals surface area contributed by atoms with Gasteiger partial charge in [-0.2, -0.15) is 5.10 Å². The molecule has 3 aromatic heterocycles. The van der Waals surface area contributed by atoms with Gasteiger partial charge in [0.2, 0.25) is 0 Å². The molecular weight excluding hydrogens is 420 g/mol. The summed E-state index contributed by atoms with van der Waals surface area (Å²) in [5, 5.41) is 10.8. The highest BCUT2D eigenvalue weighted by atomic mass is 32.1. The Hall–Kier alpha value is -2.79. The first kappa shape index (κ1) is 21.1. The number of fused-ring (bicyclic) bond motifs is 3. The fourth-order valence-electron chi connectivity index (χ4n) is 3.65. The van der Waals surface area contributed by atoms with Gasteiger partial charge in [0.05, 0.1) is 11.5 Å². The van der Waals surface area contributed by atoms with Crippen molar-refractivity contribution in [2.24, 2.45) is 5.92 Å². The van der Waals surface area contributed by atoms with Crippen LogP contribution in [0.2, 0.25) is 0 Å². The number of ether oxygens (including phenoxy) is 1. The van der Waals surface area contributed by atoms with Crippen molar-refractivity contribution in [3.63, 3.8) is 0 Å². The molecule has 1 saturated carbocycles. The lowest BCUT2D eigenvalue weighted by molar-refractivity contribution is 0.156. The Kier molecular flexibility index (Phi) is 5.92. The predicted octanol–water partition coefficient (Wildman–Crippen LogP) is 4.81. The lowest BCUT2D eigenvalue weighted by Crippen LogP contribution is -2.28. The molecule has 5 rings (SSSR count). The monoisotopic (exact) mass is 448 g/mol. The smallest absolute Gasteiger partial charge is 0.181 e. The molecule has 0 amide bonds. The molecule has 6 nitrogen and oxygen atoms in total. The van der Waals surface area contributed by atoms with E-state index in [-0.39, 0.29) is 0 Å². The van der Waals surface area contributed by atoms with Crippen LogP contribution in [0.4, 0.5) is 5.69 Å². The Balaban J connectivity index is 1.35. The first-order valence-corrected chi connectivity index (χ1v) is 11.9. The van der Waals surface area contributed by atoms with Gasteiger partial charge in [-0.1, -0.05) is 11.8 Å². The maximum atomic E-state index is 6.26. The molecule has 166 valence electrons. The number of likely N-dealkylation sites (N-methyl/N-ethyl adjacent to an activating group) is 2. The number of aromatic nitrogens is 2. The minimum absolute atomic E-state index is 0.491. The van der Waals surface area contributed by atoms with Crippen LogP contribution in [-0.4, -0.2) is 62.5 Å². The quantitative estimate of drug-likeness (QED) is 0.310. The van der Waals surface area contributed by atoms with Crippen molar-refractivity contribution >= 4 is 39.1 Å². The molecule has 0 atom stereocenters. The highest BCUT2D eigenvalue weighted by Gasteiger charge is 2.21. The molecule has 1 aromatic carbocycles. The Bertz CT molecular complexity index is 1290. The normalized spacial score (nSPS) is 13.8. The fraction of sp³-hybridized carbons (Fsp3) is 0.400. The van der Waals surface area contributed by atoms with E-state index in [1.54, 1.807) is 11.3 Å². The van der Waals surface area contributed by atoms with Gasteiger partial charge in [-0.15, -0.1) is 11.3 Å². The minimum atomic E-state index is 0.491. The van der Waals surface area contributed by atoms with Crippen molar-refractivity contribution in [1.29, 1.82) is 0 Å². The van der Waals surface area contributed by atoms with Gasteiger partial charge in [-0.3, -0.25) is 5.10 Å². The molecule has 3 heterocycles. The summed E-state index contributed by atoms with van der Waals surface area (Å²) in [6.07, 6.45) is 2.60. The fourth-order valence-corrected chi connectivity index (χ4v) is 4.41. The van der Waals surface area contributed by atoms with Gasteiger partial charge in [0, 0.05) is 48.2 Å². The number of rotatable bonds is 8. The van der Waals surface area contributed by atoms with Crippen LogP contribution < -0.4 is 4.90 Å². The zero-order valence-electron chi connectivity index (χ0n) is 18.8. The Labute approximate surface area is 192 Å². The molecule has 0 aliphatic heterocycles. The highest BCUT2D eigenvalue weighted by Crippen LogP contribution is 2.36. The molecule has 1 aliphatic rings. The topological polar surface area (TPSA) is 57.5 Å². The summed E-state index contributed by atoms with van der Waals surface area (Å²) in [6.45, 7) is 3.28. The number of aromatic amines is 1. The molecule has 4 aromatic rings. The van der Waals surface area contributed by atoms with Crippen LogP contribution in [0.1, 0.15) is 17.7 Å². The van der Waals surface area contributed by atoms with Crippen LogP contribution in [0.3, 0.4) is 0 Å². The largest absolute Gasteiger partial charge is 0.452 e. The Morgan fingerprint density at radius 3 is 2.91 bits per heavy atom. The van der Waals surface area contributed by atoms with Gasteiger partial charge in [0.1, 0.15) is 23.4 Å². The molecule has 0 unspecified atom stereocenters. The first-order chi connectivity index (χ1) is 15.6. The Morgan fingerprint density at radius 2 is 2.09 bits per heavy atom. The van der Waals surface area contributed by atoms with E-state index in [1.165, 1.54) is 12.8 Å². The van der Waals surface area contributed by atoms with Crippen molar-refractivity contribution in [2.75, 3.05) is 52.3 Å². The standard InChI is InChI=1S/C25H28N4O2S/c1-28(2)10-11-29(3)19-8-9-21-22(14-19)31-25-23(26-27-24(21)25)18-13-20(32-16-18)5-4-12-30-15-17-6-7-17/h8-9,13-14,16-17H,6-7,10-12,15H2,1-3H3,(H,26,27). The van der Waals surface area contributed by atoms with Crippen molar-refractivity contribution in [3.05, 3.63) is 34.5 Å². The first-order valence-electron chi connectivity index (χ1n) is 11.0. The van der Waals surface area contributed by atoms with E-state index < -0.39 is 0 Å². The third-order valence-corrected chi connectivity index (χ3v) is 6.65. The number of thiophene rings is 1. The van der Waals surface area contributed by atoms with Gasteiger partial charge < -0.3 is 19.0 Å². The molecule has 1 fully saturated rings. The maximum Gasteiger partial charge on any atom is 0.181 e. The molecule has 0 bridgehead atoms. The second-order valence-corrected chi connectivity index (χ2v) is 9.65. The average molecular weight is 449 g/mol. The SMILES string of the molecule is CN(C)CCN(C)c1ccc2c(c1)oc1c(-c3csc(C#CCOCC4CC4)c3)n[nH]c12. The van der Waals surface area contributed by atoms with E-state index in [1.807, 2.05) is 0 Å². The van der Waals surface area contributed by atoms with Crippen molar-refractivity contribution in [1.82, 2.24) is 15.1 Å². The number of H-pyrrole nitrogens is 1. The zero-order chi connectivity index (χ0) is 22.1. The number of furan rings is 1. The molecule has 7 heteroatoms. The van der Waals surface area contributed by atoms with Gasteiger partial charge in [0.15, 0.2) is 5.58 Å². The molecule has 1 aliphatic carbocycles. The predicted molar refractivity (Wildman–Crippen MR) is 131 cm³/mol. The van der Waals surface area contributed by atoms with Crippen LogP contribution in [0.25, 0.3) is 33.3 Å². The van der Waals surface area contributed by atoms with Crippen molar-refractivity contribution in [3.8, 4) is 23.1 Å².